The average Bonchev–Trinajstić information content (AvgIpc) is 2.98. The third-order valence-electron chi connectivity index (χ3n) is 8.03. The van der Waals surface area contributed by atoms with E-state index in [-0.39, 0.29) is 108 Å². The van der Waals surface area contributed by atoms with E-state index in [1.165, 1.54) is 18.2 Å². The number of halogens is 2. The van der Waals surface area contributed by atoms with Crippen LogP contribution < -0.4 is 72.9 Å². The molecule has 0 amide bonds. The minimum Gasteiger partial charge on any atom is -0.360 e. The Bertz CT molecular complexity index is 2940. The molecule has 8 rings (SSSR count). The Labute approximate surface area is 319 Å². The molecule has 0 radical (unpaired) electrons. The number of pyridine rings is 1. The molecule has 0 unspecified atom stereocenters. The number of hydrogen-bond acceptors (Lipinski definition) is 7. The van der Waals surface area contributed by atoms with Crippen molar-refractivity contribution in [2.75, 3.05) is 0 Å². The number of hydrogen-bond donors (Lipinski definition) is 3. The monoisotopic (exact) mass is 725 g/mol. The number of H-pyrrole nitrogens is 1. The Morgan fingerprint density at radius 3 is 1.77 bits per heavy atom. The molecule has 0 aliphatic rings. The number of rotatable bonds is 4. The van der Waals surface area contributed by atoms with Gasteiger partial charge in [0.05, 0.1) is 20.9 Å². The second kappa shape index (κ2) is 11.9. The number of benzene rings is 7. The van der Waals surface area contributed by atoms with E-state index in [2.05, 4.69) is 4.98 Å². The summed E-state index contributed by atoms with van der Waals surface area (Å²) < 4.78 is 77.7. The van der Waals surface area contributed by atoms with Crippen LogP contribution in [0.4, 0.5) is 0 Å². The van der Waals surface area contributed by atoms with Crippen LogP contribution in [0.2, 0.25) is 10.0 Å². The van der Waals surface area contributed by atoms with Crippen LogP contribution in [0.5, 0.6) is 11.5 Å². The van der Waals surface area contributed by atoms with Crippen molar-refractivity contribution in [1.82, 2.24) is 4.98 Å². The molecule has 0 saturated carbocycles. The van der Waals surface area contributed by atoms with Gasteiger partial charge in [0.25, 0.3) is 0 Å². The summed E-state index contributed by atoms with van der Waals surface area (Å²) in [6, 6.07) is 19.4. The number of aromatic amines is 1. The van der Waals surface area contributed by atoms with Gasteiger partial charge in [-0.15, -0.1) is 0 Å². The van der Waals surface area contributed by atoms with E-state index in [1.54, 1.807) is 54.6 Å². The van der Waals surface area contributed by atoms with E-state index in [0.29, 0.717) is 53.6 Å². The summed E-state index contributed by atoms with van der Waals surface area (Å²) in [7, 11) is -10.1. The molecule has 1 heterocycles. The van der Waals surface area contributed by atoms with Crippen LogP contribution in [0.15, 0.2) is 77.6 Å². The second-order valence-electron chi connectivity index (χ2n) is 10.4. The van der Waals surface area contributed by atoms with Gasteiger partial charge < -0.3 is 13.4 Å². The van der Waals surface area contributed by atoms with Crippen molar-refractivity contribution in [1.29, 1.82) is 0 Å². The van der Waals surface area contributed by atoms with Crippen LogP contribution in [0, 0.1) is 0 Å². The number of nitrogens with one attached hydrogen (secondary N) is 1. The summed E-state index contributed by atoms with van der Waals surface area (Å²) in [4.78, 5) is 17.0. The Morgan fingerprint density at radius 1 is 0.553 bits per heavy atom. The molecule has 0 aliphatic carbocycles. The SMILES string of the molecule is O=c1c2ccc(Cl)c(Cl)c2c2ccc3[nH]c4c(ccc5c(OS(=O)(=O)O)c6ccccc6c(OS(=O)(=O)O)c54)c4ccc1c2c34.[Na+].[Na+]. The molecule has 0 bridgehead atoms. The minimum absolute atomic E-state index is 0. The quantitative estimate of drug-likeness (QED) is 0.106. The number of aromatic nitrogens is 1. The van der Waals surface area contributed by atoms with Gasteiger partial charge in [0.1, 0.15) is 0 Å². The summed E-state index contributed by atoms with van der Waals surface area (Å²) in [5.41, 5.74) is 0.589. The summed E-state index contributed by atoms with van der Waals surface area (Å²) in [5.74, 6) is -0.602. The molecule has 47 heavy (non-hydrogen) atoms. The van der Waals surface area contributed by atoms with Crippen LogP contribution in [-0.4, -0.2) is 30.9 Å². The van der Waals surface area contributed by atoms with E-state index in [1.807, 2.05) is 0 Å². The fraction of sp³-hybridized carbons (Fsp3) is 0. The van der Waals surface area contributed by atoms with Gasteiger partial charge in [-0.2, -0.15) is 16.8 Å². The molecule has 3 N–H and O–H groups in total. The molecule has 224 valence electrons. The maximum absolute atomic E-state index is 13.7. The molecular weight excluding hydrogens is 711 g/mol. The van der Waals surface area contributed by atoms with E-state index in [9.17, 15) is 30.7 Å². The van der Waals surface area contributed by atoms with Crippen molar-refractivity contribution in [3.8, 4) is 11.5 Å². The first-order valence-corrected chi connectivity index (χ1v) is 16.6. The fourth-order valence-electron chi connectivity index (χ4n) is 6.43. The zero-order valence-corrected chi connectivity index (χ0v) is 31.4. The van der Waals surface area contributed by atoms with Gasteiger partial charge >= 0.3 is 79.9 Å². The van der Waals surface area contributed by atoms with Gasteiger partial charge in [0.2, 0.25) is 0 Å². The Hall–Kier alpha value is -2.43. The van der Waals surface area contributed by atoms with Gasteiger partial charge in [-0.1, -0.05) is 65.7 Å². The van der Waals surface area contributed by atoms with Crippen molar-refractivity contribution in [3.05, 3.63) is 93.1 Å². The minimum atomic E-state index is -5.08. The van der Waals surface area contributed by atoms with Crippen molar-refractivity contribution in [2.45, 2.75) is 0 Å². The molecule has 0 spiro atoms. The van der Waals surface area contributed by atoms with E-state index >= 15 is 0 Å². The smallest absolute Gasteiger partial charge is 0.360 e. The molecule has 7 aromatic carbocycles. The molecular formula is C31H15Cl2NNa2O9S2+2. The second-order valence-corrected chi connectivity index (χ2v) is 13.3. The first-order chi connectivity index (χ1) is 21.3. The van der Waals surface area contributed by atoms with E-state index < -0.39 is 20.8 Å². The normalized spacial score (nSPS) is 12.3. The first kappa shape index (κ1) is 34.4. The molecule has 16 heteroatoms. The standard InChI is InChI=1S/C31H15Cl2NO9S2.2Na/c32-21-11-9-19-24(27(21)33)17-10-12-22-25-13(5-7-18(23(17)25)29(19)35)14-6-8-20-26(28(14)34-22)31(43-45(39,40)41)16-4-2-1-3-15(16)30(20)42-44(36,37)38;;/h1-12,34H,(H,36,37,38)(H,39,40,41);;/q;2*+1. The molecule has 0 atom stereocenters. The Balaban J connectivity index is 0.00000193. The van der Waals surface area contributed by atoms with Crippen molar-refractivity contribution < 1.29 is 93.4 Å². The first-order valence-electron chi connectivity index (χ1n) is 13.1. The third-order valence-corrected chi connectivity index (χ3v) is 9.59. The van der Waals surface area contributed by atoms with Crippen molar-refractivity contribution in [2.24, 2.45) is 0 Å². The van der Waals surface area contributed by atoms with Crippen molar-refractivity contribution in [3.63, 3.8) is 0 Å². The molecule has 1 aromatic heterocycles. The van der Waals surface area contributed by atoms with E-state index in [4.69, 9.17) is 31.6 Å². The van der Waals surface area contributed by atoms with Crippen LogP contribution in [0.25, 0.3) is 75.7 Å². The molecule has 0 fully saturated rings. The fourth-order valence-corrected chi connectivity index (χ4v) is 7.63. The largest absolute Gasteiger partial charge is 1.00 e. The maximum Gasteiger partial charge on any atom is 1.00 e. The van der Waals surface area contributed by atoms with Crippen LogP contribution in [0.3, 0.4) is 0 Å². The predicted octanol–water partition coefficient (Wildman–Crippen LogP) is 1.56. The van der Waals surface area contributed by atoms with E-state index in [0.717, 1.165) is 0 Å². The topological polar surface area (TPSA) is 160 Å². The van der Waals surface area contributed by atoms with Crippen LogP contribution in [-0.2, 0) is 20.8 Å². The molecule has 8 aromatic rings. The zero-order valence-electron chi connectivity index (χ0n) is 24.3. The Kier molecular flexibility index (Phi) is 8.69. The Morgan fingerprint density at radius 2 is 1.09 bits per heavy atom. The van der Waals surface area contributed by atoms with Gasteiger partial charge in [-0.05, 0) is 41.1 Å². The molecule has 0 aliphatic heterocycles. The van der Waals surface area contributed by atoms with Gasteiger partial charge in [0.15, 0.2) is 16.9 Å². The summed E-state index contributed by atoms with van der Waals surface area (Å²) in [6.45, 7) is 0. The van der Waals surface area contributed by atoms with Crippen LogP contribution >= 0.6 is 23.2 Å². The summed E-state index contributed by atoms with van der Waals surface area (Å²) >= 11 is 13.0. The maximum atomic E-state index is 13.7. The zero-order chi connectivity index (χ0) is 31.6. The van der Waals surface area contributed by atoms with Crippen LogP contribution in [0.1, 0.15) is 0 Å². The van der Waals surface area contributed by atoms with Crippen molar-refractivity contribution >= 4 is 120 Å². The molecule has 10 nitrogen and oxygen atoms in total. The van der Waals surface area contributed by atoms with Gasteiger partial charge in [-0.3, -0.25) is 13.9 Å². The third kappa shape index (κ3) is 5.36. The number of fused-ring (bicyclic) bond motifs is 7. The predicted molar refractivity (Wildman–Crippen MR) is 175 cm³/mol. The van der Waals surface area contributed by atoms with Gasteiger partial charge in [-0.25, -0.2) is 0 Å². The molecule has 0 saturated heterocycles. The van der Waals surface area contributed by atoms with Gasteiger partial charge in [0, 0.05) is 54.0 Å². The summed E-state index contributed by atoms with van der Waals surface area (Å²) in [6.07, 6.45) is 0. The average molecular weight is 726 g/mol. The summed E-state index contributed by atoms with van der Waals surface area (Å²) in [5, 5.41) is 5.36.